The Morgan fingerprint density at radius 2 is 1.97 bits per heavy atom. The molecule has 0 bridgehead atoms. The van der Waals surface area contributed by atoms with E-state index in [1.807, 2.05) is 34.9 Å². The zero-order valence-electron chi connectivity index (χ0n) is 15.7. The number of methoxy groups -OCH3 is 2. The molecule has 4 rings (SSSR count). The largest absolute Gasteiger partial charge is 0.495 e. The van der Waals surface area contributed by atoms with Gasteiger partial charge in [-0.1, -0.05) is 23.9 Å². The highest BCUT2D eigenvalue weighted by molar-refractivity contribution is 7.98. The second-order valence-corrected chi connectivity index (χ2v) is 6.78. The third-order valence-corrected chi connectivity index (χ3v) is 5.04. The summed E-state index contributed by atoms with van der Waals surface area (Å²) in [5, 5.41) is 9.25. The highest BCUT2D eigenvalue weighted by atomic mass is 32.2. The standard InChI is InChI=1S/C20H17N3O5S/c1-25-15-7-4-3-6-14(15)23-18(16-8-5-11-27-16)21-22-20(23)29-12-13-9-10-17(28-13)19(24)26-2/h3-11H,12H2,1-2H3. The summed E-state index contributed by atoms with van der Waals surface area (Å²) in [5.74, 6) is 2.52. The number of thioether (sulfide) groups is 1. The van der Waals surface area contributed by atoms with Crippen LogP contribution in [0.2, 0.25) is 0 Å². The Morgan fingerprint density at radius 1 is 1.10 bits per heavy atom. The Bertz CT molecular complexity index is 1120. The topological polar surface area (TPSA) is 92.5 Å². The number of rotatable bonds is 7. The maximum atomic E-state index is 11.6. The third-order valence-electron chi connectivity index (χ3n) is 4.09. The number of esters is 1. The maximum Gasteiger partial charge on any atom is 0.373 e. The zero-order valence-corrected chi connectivity index (χ0v) is 16.5. The Kier molecular flexibility index (Phi) is 5.39. The number of nitrogens with zero attached hydrogens (tertiary/aromatic N) is 3. The number of para-hydroxylation sites is 2. The second kappa shape index (κ2) is 8.27. The minimum atomic E-state index is -0.515. The number of carbonyl (C=O) groups is 1. The molecule has 0 radical (unpaired) electrons. The van der Waals surface area contributed by atoms with E-state index in [0.29, 0.717) is 34.0 Å². The quantitative estimate of drug-likeness (QED) is 0.330. The van der Waals surface area contributed by atoms with Gasteiger partial charge in [-0.3, -0.25) is 4.57 Å². The van der Waals surface area contributed by atoms with E-state index in [-0.39, 0.29) is 5.76 Å². The molecular formula is C20H17N3O5S. The molecule has 0 atom stereocenters. The van der Waals surface area contributed by atoms with Crippen molar-refractivity contribution >= 4 is 17.7 Å². The van der Waals surface area contributed by atoms with Crippen molar-refractivity contribution in [3.05, 3.63) is 66.3 Å². The van der Waals surface area contributed by atoms with Crippen molar-refractivity contribution in [2.45, 2.75) is 10.9 Å². The average Bonchev–Trinajstić information content (AvgIpc) is 3.51. The summed E-state index contributed by atoms with van der Waals surface area (Å²) in [7, 11) is 2.92. The van der Waals surface area contributed by atoms with Gasteiger partial charge in [0.1, 0.15) is 11.5 Å². The van der Waals surface area contributed by atoms with E-state index < -0.39 is 5.97 Å². The monoisotopic (exact) mass is 411 g/mol. The predicted molar refractivity (Wildman–Crippen MR) is 105 cm³/mol. The first-order chi connectivity index (χ1) is 14.2. The van der Waals surface area contributed by atoms with Gasteiger partial charge in [0.05, 0.1) is 31.9 Å². The van der Waals surface area contributed by atoms with Crippen molar-refractivity contribution in [2.24, 2.45) is 0 Å². The van der Waals surface area contributed by atoms with Crippen LogP contribution in [-0.2, 0) is 10.5 Å². The van der Waals surface area contributed by atoms with Gasteiger partial charge < -0.3 is 18.3 Å². The van der Waals surface area contributed by atoms with E-state index in [4.69, 9.17) is 13.6 Å². The zero-order chi connectivity index (χ0) is 20.2. The van der Waals surface area contributed by atoms with Crippen LogP contribution in [0.5, 0.6) is 5.75 Å². The van der Waals surface area contributed by atoms with Gasteiger partial charge in [0.25, 0.3) is 0 Å². The van der Waals surface area contributed by atoms with Gasteiger partial charge in [0.2, 0.25) is 11.6 Å². The summed E-state index contributed by atoms with van der Waals surface area (Å²) < 4.78 is 23.1. The number of benzene rings is 1. The van der Waals surface area contributed by atoms with Crippen LogP contribution in [0.25, 0.3) is 17.3 Å². The molecular weight excluding hydrogens is 394 g/mol. The number of hydrogen-bond acceptors (Lipinski definition) is 8. The lowest BCUT2D eigenvalue weighted by atomic mass is 10.3. The first-order valence-corrected chi connectivity index (χ1v) is 9.62. The minimum absolute atomic E-state index is 0.158. The number of aromatic nitrogens is 3. The smallest absolute Gasteiger partial charge is 0.373 e. The average molecular weight is 411 g/mol. The molecule has 3 heterocycles. The first-order valence-electron chi connectivity index (χ1n) is 8.63. The number of furan rings is 2. The fraction of sp³-hybridized carbons (Fsp3) is 0.150. The van der Waals surface area contributed by atoms with Gasteiger partial charge in [-0.05, 0) is 36.4 Å². The van der Waals surface area contributed by atoms with Gasteiger partial charge >= 0.3 is 5.97 Å². The molecule has 0 aliphatic heterocycles. The first kappa shape index (κ1) is 18.9. The summed E-state index contributed by atoms with van der Waals surface area (Å²) in [4.78, 5) is 11.6. The highest BCUT2D eigenvalue weighted by Gasteiger charge is 2.21. The van der Waals surface area contributed by atoms with Gasteiger partial charge in [-0.15, -0.1) is 10.2 Å². The Hall–Kier alpha value is -3.46. The molecule has 4 aromatic rings. The maximum absolute atomic E-state index is 11.6. The molecule has 0 aliphatic carbocycles. The molecule has 3 aromatic heterocycles. The lowest BCUT2D eigenvalue weighted by Gasteiger charge is -2.12. The lowest BCUT2D eigenvalue weighted by Crippen LogP contribution is -2.02. The highest BCUT2D eigenvalue weighted by Crippen LogP contribution is 2.33. The summed E-state index contributed by atoms with van der Waals surface area (Å²) in [6.45, 7) is 0. The Labute approximate surface area is 170 Å². The molecule has 0 aliphatic rings. The lowest BCUT2D eigenvalue weighted by molar-refractivity contribution is 0.0563. The van der Waals surface area contributed by atoms with E-state index in [1.54, 1.807) is 31.6 Å². The van der Waals surface area contributed by atoms with Crippen LogP contribution < -0.4 is 4.74 Å². The van der Waals surface area contributed by atoms with Crippen molar-refractivity contribution in [3.8, 4) is 23.0 Å². The summed E-state index contributed by atoms with van der Waals surface area (Å²) in [5.41, 5.74) is 0.781. The fourth-order valence-electron chi connectivity index (χ4n) is 2.76. The van der Waals surface area contributed by atoms with Crippen molar-refractivity contribution in [1.82, 2.24) is 14.8 Å². The van der Waals surface area contributed by atoms with Gasteiger partial charge in [0.15, 0.2) is 10.9 Å². The van der Waals surface area contributed by atoms with Crippen LogP contribution in [0.15, 0.2) is 68.8 Å². The van der Waals surface area contributed by atoms with Gasteiger partial charge in [-0.2, -0.15) is 0 Å². The molecule has 9 heteroatoms. The molecule has 0 unspecified atom stereocenters. The van der Waals surface area contributed by atoms with Crippen LogP contribution in [0.3, 0.4) is 0 Å². The minimum Gasteiger partial charge on any atom is -0.495 e. The van der Waals surface area contributed by atoms with E-state index >= 15 is 0 Å². The molecule has 0 N–H and O–H groups in total. The van der Waals surface area contributed by atoms with Crippen LogP contribution >= 0.6 is 11.8 Å². The molecule has 148 valence electrons. The SMILES string of the molecule is COC(=O)c1ccc(CSc2nnc(-c3ccco3)n2-c2ccccc2OC)o1. The molecule has 0 amide bonds. The molecule has 0 saturated carbocycles. The van der Waals surface area contributed by atoms with E-state index in [2.05, 4.69) is 14.9 Å². The summed E-state index contributed by atoms with van der Waals surface area (Å²) >= 11 is 1.41. The van der Waals surface area contributed by atoms with Crippen LogP contribution in [0.4, 0.5) is 0 Å². The van der Waals surface area contributed by atoms with Crippen molar-refractivity contribution in [2.75, 3.05) is 14.2 Å². The summed E-state index contributed by atoms with van der Waals surface area (Å²) in [6, 6.07) is 14.5. The van der Waals surface area contributed by atoms with Crippen LogP contribution in [-0.4, -0.2) is 35.0 Å². The van der Waals surface area contributed by atoms with E-state index in [1.165, 1.54) is 18.9 Å². The van der Waals surface area contributed by atoms with Crippen LogP contribution in [0.1, 0.15) is 16.3 Å². The van der Waals surface area contributed by atoms with Crippen molar-refractivity contribution < 1.29 is 23.1 Å². The molecule has 8 nitrogen and oxygen atoms in total. The second-order valence-electron chi connectivity index (χ2n) is 5.84. The van der Waals surface area contributed by atoms with E-state index in [9.17, 15) is 4.79 Å². The molecule has 29 heavy (non-hydrogen) atoms. The third kappa shape index (κ3) is 3.77. The Balaban J connectivity index is 1.69. The molecule has 0 spiro atoms. The fourth-order valence-corrected chi connectivity index (χ4v) is 3.60. The van der Waals surface area contributed by atoms with Gasteiger partial charge in [-0.25, -0.2) is 4.79 Å². The number of carbonyl (C=O) groups excluding carboxylic acids is 1. The van der Waals surface area contributed by atoms with Crippen molar-refractivity contribution in [3.63, 3.8) is 0 Å². The number of hydrogen-bond donors (Lipinski definition) is 0. The summed E-state index contributed by atoms with van der Waals surface area (Å²) in [6.07, 6.45) is 1.58. The number of ether oxygens (including phenoxy) is 2. The molecule has 0 fully saturated rings. The molecule has 1 aromatic carbocycles. The van der Waals surface area contributed by atoms with Gasteiger partial charge in [0, 0.05) is 0 Å². The molecule has 0 saturated heterocycles. The normalized spacial score (nSPS) is 10.8. The van der Waals surface area contributed by atoms with Crippen molar-refractivity contribution in [1.29, 1.82) is 0 Å². The van der Waals surface area contributed by atoms with E-state index in [0.717, 1.165) is 5.69 Å². The Morgan fingerprint density at radius 3 is 2.72 bits per heavy atom. The van der Waals surface area contributed by atoms with Crippen LogP contribution in [0, 0.1) is 0 Å². The predicted octanol–water partition coefficient (Wildman–Crippen LogP) is 4.21.